The minimum absolute atomic E-state index is 0.250. The van der Waals surface area contributed by atoms with E-state index in [4.69, 9.17) is 4.43 Å². The highest BCUT2D eigenvalue weighted by molar-refractivity contribution is 6.74. The third kappa shape index (κ3) is 5.16. The van der Waals surface area contributed by atoms with Crippen LogP contribution in [0.5, 0.6) is 0 Å². The van der Waals surface area contributed by atoms with E-state index < -0.39 is 8.32 Å². The molecule has 0 unspecified atom stereocenters. The molecule has 0 saturated heterocycles. The van der Waals surface area contributed by atoms with Gasteiger partial charge in [-0.15, -0.1) is 0 Å². The van der Waals surface area contributed by atoms with E-state index in [9.17, 15) is 0 Å². The summed E-state index contributed by atoms with van der Waals surface area (Å²) in [7, 11) is -1.67. The second-order valence-electron chi connectivity index (χ2n) is 7.89. The molecule has 1 aliphatic rings. The van der Waals surface area contributed by atoms with Crippen molar-refractivity contribution in [2.24, 2.45) is 11.8 Å². The lowest BCUT2D eigenvalue weighted by Gasteiger charge is -2.35. The molecule has 1 aliphatic carbocycles. The first-order valence-electron chi connectivity index (χ1n) is 7.99. The summed E-state index contributed by atoms with van der Waals surface area (Å²) in [5.74, 6) is 7.65. The van der Waals surface area contributed by atoms with E-state index in [1.54, 1.807) is 0 Å². The maximum Gasteiger partial charge on any atom is 0.193 e. The fourth-order valence-electron chi connectivity index (χ4n) is 2.21. The van der Waals surface area contributed by atoms with Gasteiger partial charge in [-0.1, -0.05) is 56.4 Å². The van der Waals surface area contributed by atoms with Crippen molar-refractivity contribution in [2.45, 2.75) is 65.6 Å². The van der Waals surface area contributed by atoms with Crippen LogP contribution in [0, 0.1) is 23.7 Å². The molecule has 0 saturated carbocycles. The van der Waals surface area contributed by atoms with E-state index in [1.807, 2.05) is 0 Å². The third-order valence-electron chi connectivity index (χ3n) is 5.08. The molecule has 0 aromatic rings. The fourth-order valence-corrected chi connectivity index (χ4v) is 3.08. The number of hydrogen-bond acceptors (Lipinski definition) is 1. The normalized spacial score (nSPS) is 23.1. The van der Waals surface area contributed by atoms with Crippen molar-refractivity contribution in [1.82, 2.24) is 0 Å². The average Bonchev–Trinajstić information content (AvgIpc) is 2.34. The lowest BCUT2D eigenvalue weighted by atomic mass is 9.79. The first-order chi connectivity index (χ1) is 9.54. The van der Waals surface area contributed by atoms with Crippen LogP contribution >= 0.6 is 0 Å². The summed E-state index contributed by atoms with van der Waals surface area (Å²) < 4.78 is 6.12. The Labute approximate surface area is 133 Å². The van der Waals surface area contributed by atoms with Crippen molar-refractivity contribution in [3.63, 3.8) is 0 Å². The van der Waals surface area contributed by atoms with Gasteiger partial charge in [0, 0.05) is 5.92 Å². The number of rotatable bonds is 3. The maximum absolute atomic E-state index is 6.12. The highest BCUT2D eigenvalue weighted by Crippen LogP contribution is 2.36. The SMILES string of the molecule is C=C(C)[C@@H]1CC=C(C)[C@@H](C#CCO[Si](C)(C)C(C)(C)C)C1. The van der Waals surface area contributed by atoms with Gasteiger partial charge in [-0.3, -0.25) is 0 Å². The molecule has 0 N–H and O–H groups in total. The molecule has 0 aliphatic heterocycles. The summed E-state index contributed by atoms with van der Waals surface area (Å²) in [5.41, 5.74) is 2.69. The van der Waals surface area contributed by atoms with Crippen molar-refractivity contribution in [1.29, 1.82) is 0 Å². The Morgan fingerprint density at radius 2 is 2.05 bits per heavy atom. The van der Waals surface area contributed by atoms with E-state index in [0.29, 0.717) is 18.4 Å². The Bertz CT molecular complexity index is 468. The molecule has 2 atom stereocenters. The molecule has 1 nitrogen and oxygen atoms in total. The van der Waals surface area contributed by atoms with Gasteiger partial charge in [-0.05, 0) is 50.7 Å². The van der Waals surface area contributed by atoms with Crippen LogP contribution in [-0.4, -0.2) is 14.9 Å². The number of hydrogen-bond donors (Lipinski definition) is 0. The Morgan fingerprint density at radius 3 is 2.57 bits per heavy atom. The summed E-state index contributed by atoms with van der Waals surface area (Å²) in [6.45, 7) is 20.3. The molecule has 0 spiro atoms. The third-order valence-corrected chi connectivity index (χ3v) is 9.56. The fraction of sp³-hybridized carbons (Fsp3) is 0.684. The highest BCUT2D eigenvalue weighted by atomic mass is 28.4. The molecule has 0 amide bonds. The first-order valence-corrected chi connectivity index (χ1v) is 10.9. The predicted octanol–water partition coefficient (Wildman–Crippen LogP) is 5.56. The molecule has 0 radical (unpaired) electrons. The van der Waals surface area contributed by atoms with Crippen LogP contribution in [0.25, 0.3) is 0 Å². The van der Waals surface area contributed by atoms with Gasteiger partial charge in [-0.2, -0.15) is 0 Å². The smallest absolute Gasteiger partial charge is 0.193 e. The van der Waals surface area contributed by atoms with Crippen LogP contribution in [0.15, 0.2) is 23.8 Å². The Kier molecular flexibility index (Phi) is 6.08. The summed E-state index contributed by atoms with van der Waals surface area (Å²) in [4.78, 5) is 0. The van der Waals surface area contributed by atoms with Gasteiger partial charge < -0.3 is 4.43 Å². The lowest BCUT2D eigenvalue weighted by Crippen LogP contribution is -2.40. The highest BCUT2D eigenvalue weighted by Gasteiger charge is 2.36. The van der Waals surface area contributed by atoms with Gasteiger partial charge in [-0.25, -0.2) is 0 Å². The Balaban J connectivity index is 2.61. The van der Waals surface area contributed by atoms with Gasteiger partial charge in [0.2, 0.25) is 0 Å². The molecule has 0 aromatic carbocycles. The van der Waals surface area contributed by atoms with Crippen molar-refractivity contribution >= 4 is 8.32 Å². The van der Waals surface area contributed by atoms with Crippen LogP contribution in [0.1, 0.15) is 47.5 Å². The molecular formula is C19H32OSi. The van der Waals surface area contributed by atoms with Crippen LogP contribution in [0.4, 0.5) is 0 Å². The van der Waals surface area contributed by atoms with Crippen LogP contribution in [-0.2, 0) is 4.43 Å². The van der Waals surface area contributed by atoms with Crippen molar-refractivity contribution in [3.05, 3.63) is 23.8 Å². The van der Waals surface area contributed by atoms with Gasteiger partial charge in [0.1, 0.15) is 0 Å². The molecule has 1 rings (SSSR count). The van der Waals surface area contributed by atoms with Crippen molar-refractivity contribution < 1.29 is 4.43 Å². The zero-order valence-corrected chi connectivity index (χ0v) is 16.0. The minimum Gasteiger partial charge on any atom is -0.406 e. The number of allylic oxidation sites excluding steroid dienone is 3. The molecule has 2 heteroatoms. The minimum atomic E-state index is -1.67. The molecule has 0 heterocycles. The Morgan fingerprint density at radius 1 is 1.43 bits per heavy atom. The molecule has 21 heavy (non-hydrogen) atoms. The summed E-state index contributed by atoms with van der Waals surface area (Å²) in [6.07, 6.45) is 4.57. The molecule has 0 aromatic heterocycles. The largest absolute Gasteiger partial charge is 0.406 e. The molecular weight excluding hydrogens is 272 g/mol. The van der Waals surface area contributed by atoms with Gasteiger partial charge >= 0.3 is 0 Å². The standard InChI is InChI=1S/C19H32OSi/c1-15(2)17-12-11-16(3)18(14-17)10-9-13-20-21(7,8)19(4,5)6/h11,17-18H,1,12-14H2,2-8H3/t17-,18+/m1/s1. The van der Waals surface area contributed by atoms with Crippen LogP contribution in [0.3, 0.4) is 0 Å². The van der Waals surface area contributed by atoms with E-state index in [1.165, 1.54) is 11.1 Å². The zero-order valence-electron chi connectivity index (χ0n) is 15.0. The first kappa shape index (κ1) is 18.3. The average molecular weight is 305 g/mol. The van der Waals surface area contributed by atoms with Gasteiger partial charge in [0.25, 0.3) is 0 Å². The van der Waals surface area contributed by atoms with Crippen LogP contribution in [0.2, 0.25) is 18.1 Å². The summed E-state index contributed by atoms with van der Waals surface area (Å²) in [6, 6.07) is 0. The van der Waals surface area contributed by atoms with Crippen molar-refractivity contribution in [3.8, 4) is 11.8 Å². The summed E-state index contributed by atoms with van der Waals surface area (Å²) >= 11 is 0. The Hall–Kier alpha value is -0.783. The van der Waals surface area contributed by atoms with E-state index in [0.717, 1.165) is 12.8 Å². The van der Waals surface area contributed by atoms with Gasteiger partial charge in [0.05, 0.1) is 6.61 Å². The quantitative estimate of drug-likeness (QED) is 0.377. The second-order valence-corrected chi connectivity index (χ2v) is 12.7. The topological polar surface area (TPSA) is 9.23 Å². The van der Waals surface area contributed by atoms with Gasteiger partial charge in [0.15, 0.2) is 8.32 Å². The van der Waals surface area contributed by atoms with E-state index >= 15 is 0 Å². The van der Waals surface area contributed by atoms with E-state index in [-0.39, 0.29) is 5.04 Å². The molecule has 118 valence electrons. The molecule has 0 bridgehead atoms. The summed E-state index contributed by atoms with van der Waals surface area (Å²) in [5, 5.41) is 0.250. The predicted molar refractivity (Wildman–Crippen MR) is 95.7 cm³/mol. The van der Waals surface area contributed by atoms with Crippen molar-refractivity contribution in [2.75, 3.05) is 6.61 Å². The van der Waals surface area contributed by atoms with Crippen LogP contribution < -0.4 is 0 Å². The maximum atomic E-state index is 6.12. The molecule has 0 fully saturated rings. The second kappa shape index (κ2) is 6.98. The zero-order chi connectivity index (χ0) is 16.3. The van der Waals surface area contributed by atoms with E-state index in [2.05, 4.69) is 72.2 Å². The lowest BCUT2D eigenvalue weighted by molar-refractivity contribution is 0.334. The monoisotopic (exact) mass is 304 g/mol.